The van der Waals surface area contributed by atoms with E-state index in [4.69, 9.17) is 5.73 Å². The SMILES string of the molecule is CCC(C)C(N)C(=O)NC1CCC(C)CC1C. The van der Waals surface area contributed by atoms with Crippen molar-refractivity contribution in [1.82, 2.24) is 5.32 Å². The van der Waals surface area contributed by atoms with Gasteiger partial charge in [0.25, 0.3) is 0 Å². The van der Waals surface area contributed by atoms with Gasteiger partial charge in [-0.3, -0.25) is 4.79 Å². The molecule has 0 aromatic heterocycles. The van der Waals surface area contributed by atoms with Crippen LogP contribution < -0.4 is 11.1 Å². The lowest BCUT2D eigenvalue weighted by atomic mass is 9.79. The van der Waals surface area contributed by atoms with Crippen molar-refractivity contribution in [2.45, 2.75) is 65.5 Å². The second-order valence-electron chi connectivity index (χ2n) is 5.92. The van der Waals surface area contributed by atoms with Crippen LogP contribution in [0.1, 0.15) is 53.4 Å². The van der Waals surface area contributed by atoms with Crippen LogP contribution in [-0.2, 0) is 4.79 Å². The molecule has 0 aromatic carbocycles. The maximum atomic E-state index is 12.0. The first kappa shape index (κ1) is 14.5. The molecule has 3 N–H and O–H groups in total. The molecular weight excluding hydrogens is 212 g/mol. The van der Waals surface area contributed by atoms with Crippen molar-refractivity contribution in [3.63, 3.8) is 0 Å². The number of nitrogens with one attached hydrogen (secondary N) is 1. The molecule has 0 heterocycles. The lowest BCUT2D eigenvalue weighted by molar-refractivity contribution is -0.124. The molecule has 0 radical (unpaired) electrons. The van der Waals surface area contributed by atoms with Gasteiger partial charge in [-0.15, -0.1) is 0 Å². The highest BCUT2D eigenvalue weighted by atomic mass is 16.2. The van der Waals surface area contributed by atoms with Crippen LogP contribution in [0.2, 0.25) is 0 Å². The molecular formula is C14H28N2O. The average molecular weight is 240 g/mol. The van der Waals surface area contributed by atoms with Crippen LogP contribution in [0.25, 0.3) is 0 Å². The molecule has 1 fully saturated rings. The van der Waals surface area contributed by atoms with Gasteiger partial charge in [0.2, 0.25) is 5.91 Å². The molecule has 0 bridgehead atoms. The van der Waals surface area contributed by atoms with Gasteiger partial charge < -0.3 is 11.1 Å². The molecule has 17 heavy (non-hydrogen) atoms. The van der Waals surface area contributed by atoms with Crippen molar-refractivity contribution < 1.29 is 4.79 Å². The zero-order chi connectivity index (χ0) is 13.0. The van der Waals surface area contributed by atoms with E-state index in [0.29, 0.717) is 12.0 Å². The van der Waals surface area contributed by atoms with E-state index >= 15 is 0 Å². The molecule has 100 valence electrons. The number of nitrogens with two attached hydrogens (primary N) is 1. The predicted molar refractivity (Wildman–Crippen MR) is 71.5 cm³/mol. The van der Waals surface area contributed by atoms with Gasteiger partial charge >= 0.3 is 0 Å². The standard InChI is InChI=1S/C14H28N2O/c1-5-10(3)13(15)14(17)16-12-7-6-9(2)8-11(12)4/h9-13H,5-8,15H2,1-4H3,(H,16,17). The zero-order valence-corrected chi connectivity index (χ0v) is 11.7. The highest BCUT2D eigenvalue weighted by molar-refractivity contribution is 5.82. The van der Waals surface area contributed by atoms with Crippen molar-refractivity contribution in [3.05, 3.63) is 0 Å². The van der Waals surface area contributed by atoms with E-state index in [1.165, 1.54) is 12.8 Å². The predicted octanol–water partition coefficient (Wildman–Crippen LogP) is 2.30. The topological polar surface area (TPSA) is 55.1 Å². The Balaban J connectivity index is 2.45. The number of hydrogen-bond donors (Lipinski definition) is 2. The molecule has 1 amide bonds. The van der Waals surface area contributed by atoms with E-state index in [1.54, 1.807) is 0 Å². The van der Waals surface area contributed by atoms with Crippen LogP contribution in [0.5, 0.6) is 0 Å². The molecule has 1 aliphatic carbocycles. The molecule has 1 aliphatic rings. The van der Waals surface area contributed by atoms with E-state index in [-0.39, 0.29) is 17.9 Å². The maximum absolute atomic E-state index is 12.0. The Kier molecular flexibility index (Phi) is 5.44. The molecule has 0 aliphatic heterocycles. The fraction of sp³-hybridized carbons (Fsp3) is 0.929. The Hall–Kier alpha value is -0.570. The van der Waals surface area contributed by atoms with Gasteiger partial charge in [0.15, 0.2) is 0 Å². The van der Waals surface area contributed by atoms with Crippen LogP contribution in [0.3, 0.4) is 0 Å². The summed E-state index contributed by atoms with van der Waals surface area (Å²) in [4.78, 5) is 12.0. The fourth-order valence-corrected chi connectivity index (χ4v) is 2.67. The van der Waals surface area contributed by atoms with Gasteiger partial charge in [0, 0.05) is 6.04 Å². The van der Waals surface area contributed by atoms with Gasteiger partial charge in [-0.2, -0.15) is 0 Å². The van der Waals surface area contributed by atoms with E-state index < -0.39 is 0 Å². The van der Waals surface area contributed by atoms with Gasteiger partial charge in [-0.05, 0) is 37.0 Å². The molecule has 0 aromatic rings. The van der Waals surface area contributed by atoms with Crippen LogP contribution in [0.15, 0.2) is 0 Å². The Bertz CT molecular complexity index is 255. The highest BCUT2D eigenvalue weighted by Crippen LogP contribution is 2.28. The molecule has 0 spiro atoms. The first-order valence-corrected chi connectivity index (χ1v) is 7.01. The third-order valence-electron chi connectivity index (χ3n) is 4.32. The average Bonchev–Trinajstić information content (AvgIpc) is 2.30. The Morgan fingerprint density at radius 1 is 1.41 bits per heavy atom. The normalized spacial score (nSPS) is 32.9. The minimum Gasteiger partial charge on any atom is -0.352 e. The third kappa shape index (κ3) is 3.98. The van der Waals surface area contributed by atoms with E-state index in [1.807, 2.05) is 6.92 Å². The van der Waals surface area contributed by atoms with E-state index in [2.05, 4.69) is 26.1 Å². The van der Waals surface area contributed by atoms with Crippen LogP contribution in [-0.4, -0.2) is 18.0 Å². The summed E-state index contributed by atoms with van der Waals surface area (Å²) >= 11 is 0. The number of carbonyl (C=O) groups is 1. The molecule has 3 nitrogen and oxygen atoms in total. The van der Waals surface area contributed by atoms with Crippen molar-refractivity contribution in [2.24, 2.45) is 23.5 Å². The van der Waals surface area contributed by atoms with Gasteiger partial charge in [0.05, 0.1) is 6.04 Å². The van der Waals surface area contributed by atoms with Gasteiger partial charge in [-0.25, -0.2) is 0 Å². The summed E-state index contributed by atoms with van der Waals surface area (Å²) in [6, 6.07) is -0.0274. The number of rotatable bonds is 4. The monoisotopic (exact) mass is 240 g/mol. The smallest absolute Gasteiger partial charge is 0.237 e. The molecule has 0 saturated heterocycles. The first-order chi connectivity index (χ1) is 7.95. The highest BCUT2D eigenvalue weighted by Gasteiger charge is 2.28. The molecule has 1 rings (SSSR count). The fourth-order valence-electron chi connectivity index (χ4n) is 2.67. The molecule has 5 atom stereocenters. The second kappa shape index (κ2) is 6.39. The summed E-state index contributed by atoms with van der Waals surface area (Å²) in [5.74, 6) is 1.66. The van der Waals surface area contributed by atoms with Crippen LogP contribution in [0.4, 0.5) is 0 Å². The summed E-state index contributed by atoms with van der Waals surface area (Å²) < 4.78 is 0. The summed E-state index contributed by atoms with van der Waals surface area (Å²) in [7, 11) is 0. The minimum atomic E-state index is -0.355. The Morgan fingerprint density at radius 2 is 2.06 bits per heavy atom. The summed E-state index contributed by atoms with van der Waals surface area (Å²) in [6.07, 6.45) is 4.48. The Labute approximate surface area is 106 Å². The molecule has 3 heteroatoms. The lowest BCUT2D eigenvalue weighted by Crippen LogP contribution is -2.51. The zero-order valence-electron chi connectivity index (χ0n) is 11.7. The molecule has 5 unspecified atom stereocenters. The Morgan fingerprint density at radius 3 is 2.59 bits per heavy atom. The minimum absolute atomic E-state index is 0.0331. The van der Waals surface area contributed by atoms with E-state index in [9.17, 15) is 4.79 Å². The first-order valence-electron chi connectivity index (χ1n) is 7.01. The summed E-state index contributed by atoms with van der Waals surface area (Å²) in [5.41, 5.74) is 5.95. The van der Waals surface area contributed by atoms with Crippen molar-refractivity contribution in [3.8, 4) is 0 Å². The van der Waals surface area contributed by atoms with Gasteiger partial charge in [-0.1, -0.05) is 34.1 Å². The van der Waals surface area contributed by atoms with Gasteiger partial charge in [0.1, 0.15) is 0 Å². The van der Waals surface area contributed by atoms with Crippen LogP contribution in [0, 0.1) is 17.8 Å². The quantitative estimate of drug-likeness (QED) is 0.792. The third-order valence-corrected chi connectivity index (χ3v) is 4.32. The number of hydrogen-bond acceptors (Lipinski definition) is 2. The lowest BCUT2D eigenvalue weighted by Gasteiger charge is -2.34. The largest absolute Gasteiger partial charge is 0.352 e. The summed E-state index contributed by atoms with van der Waals surface area (Å²) in [5, 5.41) is 3.14. The number of carbonyl (C=O) groups excluding carboxylic acids is 1. The van der Waals surface area contributed by atoms with Crippen molar-refractivity contribution in [1.29, 1.82) is 0 Å². The van der Waals surface area contributed by atoms with E-state index in [0.717, 1.165) is 18.8 Å². The number of amides is 1. The van der Waals surface area contributed by atoms with Crippen molar-refractivity contribution in [2.75, 3.05) is 0 Å². The van der Waals surface area contributed by atoms with Crippen LogP contribution >= 0.6 is 0 Å². The maximum Gasteiger partial charge on any atom is 0.237 e. The summed E-state index contributed by atoms with van der Waals surface area (Å²) in [6.45, 7) is 8.63. The van der Waals surface area contributed by atoms with Crippen molar-refractivity contribution >= 4 is 5.91 Å². The molecule has 1 saturated carbocycles. The second-order valence-corrected chi connectivity index (χ2v) is 5.92.